The van der Waals surface area contributed by atoms with Gasteiger partial charge in [0.05, 0.1) is 32.9 Å². The number of esters is 1. The Bertz CT molecular complexity index is 1560. The number of nitrogens with zero attached hydrogens (tertiary/aromatic N) is 4. The highest BCUT2D eigenvalue weighted by Crippen LogP contribution is 2.47. The fourth-order valence-corrected chi connectivity index (χ4v) is 8.25. The summed E-state index contributed by atoms with van der Waals surface area (Å²) in [4.78, 5) is 22.0. The van der Waals surface area contributed by atoms with E-state index in [0.29, 0.717) is 39.7 Å². The summed E-state index contributed by atoms with van der Waals surface area (Å²) in [5.41, 5.74) is 4.13. The molecule has 2 unspecified atom stereocenters. The van der Waals surface area contributed by atoms with Crippen LogP contribution >= 0.6 is 34.5 Å². The van der Waals surface area contributed by atoms with E-state index in [1.165, 1.54) is 20.0 Å². The van der Waals surface area contributed by atoms with E-state index in [1.54, 1.807) is 17.4 Å². The van der Waals surface area contributed by atoms with Gasteiger partial charge in [0.25, 0.3) is 0 Å². The molecule has 2 saturated heterocycles. The molecular formula is C30H30Cl2N4O3S. The molecule has 1 aliphatic carbocycles. The number of anilines is 1. The zero-order valence-corrected chi connectivity index (χ0v) is 24.7. The van der Waals surface area contributed by atoms with Crippen LogP contribution in [0.1, 0.15) is 66.1 Å². The maximum atomic E-state index is 12.0. The first kappa shape index (κ1) is 26.3. The third kappa shape index (κ3) is 4.59. The van der Waals surface area contributed by atoms with E-state index in [4.69, 9.17) is 37.4 Å². The van der Waals surface area contributed by atoms with E-state index in [-0.39, 0.29) is 5.97 Å². The smallest absolute Gasteiger partial charge is 0.337 e. The number of carbonyl (C=O) groups is 1. The van der Waals surface area contributed by atoms with E-state index < -0.39 is 0 Å². The first-order valence-corrected chi connectivity index (χ1v) is 15.4. The minimum Gasteiger partial charge on any atom is -0.465 e. The Hall–Kier alpha value is -2.65. The highest BCUT2D eigenvalue weighted by molar-refractivity contribution is 7.22. The molecule has 0 spiro atoms. The van der Waals surface area contributed by atoms with Crippen LogP contribution < -0.4 is 4.90 Å². The van der Waals surface area contributed by atoms with Crippen LogP contribution in [-0.4, -0.2) is 53.3 Å². The van der Waals surface area contributed by atoms with Crippen LogP contribution in [0, 0.1) is 0 Å². The predicted molar refractivity (Wildman–Crippen MR) is 159 cm³/mol. The maximum absolute atomic E-state index is 12.0. The lowest BCUT2D eigenvalue weighted by molar-refractivity contribution is 0.0601. The molecule has 3 aliphatic rings. The van der Waals surface area contributed by atoms with Crippen molar-refractivity contribution in [3.63, 3.8) is 0 Å². The summed E-state index contributed by atoms with van der Waals surface area (Å²) < 4.78 is 11.8. The normalized spacial score (nSPS) is 22.4. The summed E-state index contributed by atoms with van der Waals surface area (Å²) in [6.45, 7) is 0.744. The van der Waals surface area contributed by atoms with Crippen LogP contribution in [0.3, 0.4) is 0 Å². The molecule has 7 rings (SSSR count). The minimum atomic E-state index is -0.321. The molecule has 0 radical (unpaired) electrons. The van der Waals surface area contributed by atoms with Crippen molar-refractivity contribution in [1.29, 1.82) is 0 Å². The molecule has 2 aromatic carbocycles. The fraction of sp³-hybridized carbons (Fsp3) is 0.433. The van der Waals surface area contributed by atoms with Gasteiger partial charge in [-0.05, 0) is 75.9 Å². The molecule has 0 amide bonds. The van der Waals surface area contributed by atoms with Crippen molar-refractivity contribution in [2.75, 3.05) is 19.1 Å². The van der Waals surface area contributed by atoms with Crippen molar-refractivity contribution in [2.45, 2.75) is 69.1 Å². The van der Waals surface area contributed by atoms with E-state index in [0.717, 1.165) is 70.2 Å². The van der Waals surface area contributed by atoms with Gasteiger partial charge in [0.2, 0.25) is 0 Å². The number of ether oxygens (including phenoxy) is 1. The average Bonchev–Trinajstić information content (AvgIpc) is 3.49. The van der Waals surface area contributed by atoms with Gasteiger partial charge in [-0.25, -0.2) is 9.78 Å². The van der Waals surface area contributed by atoms with Crippen molar-refractivity contribution in [3.8, 4) is 11.3 Å². The SMILES string of the molecule is COC(=O)c1ccc2nc(N3C4CCC3CC(N(C)Cc3c(-c5c(Cl)cccc5Cl)noc3C3CC3)C4)sc2c1. The number of halogens is 2. The number of thiazole rings is 1. The molecule has 0 N–H and O–H groups in total. The van der Waals surface area contributed by atoms with Gasteiger partial charge < -0.3 is 14.2 Å². The zero-order valence-electron chi connectivity index (χ0n) is 22.4. The molecule has 2 atom stereocenters. The Labute approximate surface area is 247 Å². The lowest BCUT2D eigenvalue weighted by Gasteiger charge is -2.42. The van der Waals surface area contributed by atoms with Crippen molar-refractivity contribution >= 4 is 55.9 Å². The molecule has 40 heavy (non-hydrogen) atoms. The Morgan fingerprint density at radius 2 is 1.85 bits per heavy atom. The maximum Gasteiger partial charge on any atom is 0.337 e. The number of carbonyl (C=O) groups excluding carboxylic acids is 1. The van der Waals surface area contributed by atoms with Gasteiger partial charge in [0, 0.05) is 41.7 Å². The Morgan fingerprint density at radius 1 is 1.12 bits per heavy atom. The topological polar surface area (TPSA) is 71.7 Å². The predicted octanol–water partition coefficient (Wildman–Crippen LogP) is 7.55. The minimum absolute atomic E-state index is 0.321. The first-order valence-electron chi connectivity index (χ1n) is 13.8. The second kappa shape index (κ2) is 10.3. The lowest BCUT2D eigenvalue weighted by atomic mass is 9.95. The number of piperidine rings is 1. The molecule has 1 saturated carbocycles. The molecule has 10 heteroatoms. The van der Waals surface area contributed by atoms with Crippen LogP contribution in [0.4, 0.5) is 5.13 Å². The average molecular weight is 598 g/mol. The van der Waals surface area contributed by atoms with Gasteiger partial charge in [0.15, 0.2) is 5.13 Å². The van der Waals surface area contributed by atoms with Crippen LogP contribution in [0.2, 0.25) is 10.0 Å². The van der Waals surface area contributed by atoms with Gasteiger partial charge in [-0.15, -0.1) is 0 Å². The molecule has 2 bridgehead atoms. The standard InChI is InChI=1S/C30H30Cl2N4O3S/c1-35(15-21-27(34-39-28(21)16-6-7-16)26-22(31)4-3-5-23(26)32)20-13-18-9-10-19(14-20)36(18)30-33-24-11-8-17(29(37)38-2)12-25(24)40-30/h3-5,8,11-12,16,18-20H,6-7,9-10,13-15H2,1-2H3. The van der Waals surface area contributed by atoms with E-state index in [9.17, 15) is 4.79 Å². The van der Waals surface area contributed by atoms with Gasteiger partial charge in [-0.3, -0.25) is 4.90 Å². The number of hydrogen-bond acceptors (Lipinski definition) is 8. The third-order valence-electron chi connectivity index (χ3n) is 8.72. The van der Waals surface area contributed by atoms with E-state index in [1.807, 2.05) is 30.3 Å². The molecule has 3 fully saturated rings. The fourth-order valence-electron chi connectivity index (χ4n) is 6.53. The van der Waals surface area contributed by atoms with Crippen molar-refractivity contribution < 1.29 is 14.1 Å². The number of hydrogen-bond donors (Lipinski definition) is 0. The van der Waals surface area contributed by atoms with Crippen LogP contribution in [0.25, 0.3) is 21.5 Å². The highest BCUT2D eigenvalue weighted by atomic mass is 35.5. The highest BCUT2D eigenvalue weighted by Gasteiger charge is 2.44. The molecule has 208 valence electrons. The first-order chi connectivity index (χ1) is 19.4. The van der Waals surface area contributed by atoms with Gasteiger partial charge in [0.1, 0.15) is 11.5 Å². The van der Waals surface area contributed by atoms with Crippen molar-refractivity contribution in [3.05, 3.63) is 63.3 Å². The molecule has 2 aliphatic heterocycles. The summed E-state index contributed by atoms with van der Waals surface area (Å²) in [7, 11) is 3.62. The Balaban J connectivity index is 1.12. The largest absolute Gasteiger partial charge is 0.465 e. The van der Waals surface area contributed by atoms with Crippen molar-refractivity contribution in [2.24, 2.45) is 0 Å². The second-order valence-electron chi connectivity index (χ2n) is 11.2. The van der Waals surface area contributed by atoms with Crippen molar-refractivity contribution in [1.82, 2.24) is 15.0 Å². The molecule has 7 nitrogen and oxygen atoms in total. The quantitative estimate of drug-likeness (QED) is 0.204. The van der Waals surface area contributed by atoms with Crippen LogP contribution in [-0.2, 0) is 11.3 Å². The Morgan fingerprint density at radius 3 is 2.52 bits per heavy atom. The van der Waals surface area contributed by atoms with Gasteiger partial charge in [-0.1, -0.05) is 45.8 Å². The number of methoxy groups -OCH3 is 1. The number of aromatic nitrogens is 2. The number of benzene rings is 2. The summed E-state index contributed by atoms with van der Waals surface area (Å²) in [5.74, 6) is 1.10. The molecule has 4 aromatic rings. The van der Waals surface area contributed by atoms with Crippen LogP contribution in [0.15, 0.2) is 40.9 Å². The third-order valence-corrected chi connectivity index (χ3v) is 10.4. The molecule has 2 aromatic heterocycles. The molecular weight excluding hydrogens is 567 g/mol. The summed E-state index contributed by atoms with van der Waals surface area (Å²) >= 11 is 14.9. The lowest BCUT2D eigenvalue weighted by Crippen LogP contribution is -2.49. The van der Waals surface area contributed by atoms with Crippen LogP contribution in [0.5, 0.6) is 0 Å². The second-order valence-corrected chi connectivity index (χ2v) is 13.1. The van der Waals surface area contributed by atoms with E-state index in [2.05, 4.69) is 22.0 Å². The van der Waals surface area contributed by atoms with E-state index >= 15 is 0 Å². The monoisotopic (exact) mass is 596 g/mol. The summed E-state index contributed by atoms with van der Waals surface area (Å²) in [5, 5.41) is 6.72. The van der Waals surface area contributed by atoms with Gasteiger partial charge >= 0.3 is 5.97 Å². The summed E-state index contributed by atoms with van der Waals surface area (Å²) in [6.07, 6.45) is 6.74. The number of rotatable bonds is 7. The number of fused-ring (bicyclic) bond motifs is 3. The summed E-state index contributed by atoms with van der Waals surface area (Å²) in [6, 6.07) is 12.5. The molecule has 4 heterocycles. The Kier molecular flexibility index (Phi) is 6.77. The van der Waals surface area contributed by atoms with Gasteiger partial charge in [-0.2, -0.15) is 0 Å². The zero-order chi connectivity index (χ0) is 27.5.